The number of aliphatic hydroxyl groups excluding tert-OH is 1. The Morgan fingerprint density at radius 1 is 1.63 bits per heavy atom. The molecule has 1 aromatic rings. The second kappa shape index (κ2) is 7.25. The van der Waals surface area contributed by atoms with Gasteiger partial charge in [0.05, 0.1) is 11.0 Å². The minimum absolute atomic E-state index is 0.129. The lowest BCUT2D eigenvalue weighted by Crippen LogP contribution is -2.29. The molecule has 3 N–H and O–H groups in total. The molecule has 102 valence electrons. The maximum absolute atomic E-state index is 10.5. The van der Waals surface area contributed by atoms with Crippen molar-refractivity contribution in [2.24, 2.45) is 0 Å². The van der Waals surface area contributed by atoms with E-state index in [-0.39, 0.29) is 11.3 Å². The van der Waals surface area contributed by atoms with Gasteiger partial charge in [-0.25, -0.2) is 4.98 Å². The number of hydrogen-bond acceptors (Lipinski definition) is 7. The average molecular weight is 265 g/mol. The molecular formula is C11H15N5O3. The Morgan fingerprint density at radius 2 is 2.37 bits per heavy atom. The van der Waals surface area contributed by atoms with Crippen LogP contribution in [-0.4, -0.2) is 40.8 Å². The molecule has 0 aliphatic rings. The van der Waals surface area contributed by atoms with Gasteiger partial charge in [0.25, 0.3) is 5.69 Å². The van der Waals surface area contributed by atoms with Gasteiger partial charge < -0.3 is 15.7 Å². The van der Waals surface area contributed by atoms with Crippen LogP contribution in [0.15, 0.2) is 12.3 Å². The van der Waals surface area contributed by atoms with Crippen LogP contribution in [0.4, 0.5) is 11.5 Å². The highest BCUT2D eigenvalue weighted by molar-refractivity contribution is 5.55. The van der Waals surface area contributed by atoms with Crippen LogP contribution in [0.25, 0.3) is 0 Å². The third-order valence-corrected chi connectivity index (χ3v) is 2.24. The third kappa shape index (κ3) is 4.87. The molecule has 19 heavy (non-hydrogen) atoms. The SMILES string of the molecule is CC(O)CNCCNc1ncc([N+](=O)[O-])cc1C#N. The van der Waals surface area contributed by atoms with E-state index in [2.05, 4.69) is 15.6 Å². The van der Waals surface area contributed by atoms with Crippen molar-refractivity contribution >= 4 is 11.5 Å². The maximum atomic E-state index is 10.5. The average Bonchev–Trinajstić information content (AvgIpc) is 2.37. The topological polar surface area (TPSA) is 124 Å². The van der Waals surface area contributed by atoms with Gasteiger partial charge in [0, 0.05) is 25.7 Å². The highest BCUT2D eigenvalue weighted by atomic mass is 16.6. The molecule has 0 spiro atoms. The molecule has 0 saturated heterocycles. The summed E-state index contributed by atoms with van der Waals surface area (Å²) < 4.78 is 0. The zero-order chi connectivity index (χ0) is 14.3. The molecule has 8 nitrogen and oxygen atoms in total. The summed E-state index contributed by atoms with van der Waals surface area (Å²) in [6.45, 7) is 3.22. The molecule has 0 aliphatic heterocycles. The van der Waals surface area contributed by atoms with Gasteiger partial charge in [-0.1, -0.05) is 0 Å². The highest BCUT2D eigenvalue weighted by Gasteiger charge is 2.11. The van der Waals surface area contributed by atoms with Crippen LogP contribution in [0.3, 0.4) is 0 Å². The van der Waals surface area contributed by atoms with E-state index in [0.717, 1.165) is 6.20 Å². The number of aromatic nitrogens is 1. The first-order valence-corrected chi connectivity index (χ1v) is 5.71. The lowest BCUT2D eigenvalue weighted by molar-refractivity contribution is -0.385. The summed E-state index contributed by atoms with van der Waals surface area (Å²) >= 11 is 0. The van der Waals surface area contributed by atoms with Gasteiger partial charge in [-0.3, -0.25) is 10.1 Å². The van der Waals surface area contributed by atoms with Crippen molar-refractivity contribution in [3.05, 3.63) is 27.9 Å². The molecule has 1 rings (SSSR count). The van der Waals surface area contributed by atoms with E-state index in [4.69, 9.17) is 10.4 Å². The van der Waals surface area contributed by atoms with Crippen LogP contribution < -0.4 is 10.6 Å². The van der Waals surface area contributed by atoms with Gasteiger partial charge >= 0.3 is 0 Å². The normalized spacial score (nSPS) is 11.6. The van der Waals surface area contributed by atoms with E-state index >= 15 is 0 Å². The van der Waals surface area contributed by atoms with Crippen molar-refractivity contribution in [3.8, 4) is 6.07 Å². The van der Waals surface area contributed by atoms with Crippen LogP contribution in [-0.2, 0) is 0 Å². The lowest BCUT2D eigenvalue weighted by atomic mass is 10.2. The molecule has 0 aromatic carbocycles. The molecule has 8 heteroatoms. The van der Waals surface area contributed by atoms with Crippen LogP contribution in [0, 0.1) is 21.4 Å². The van der Waals surface area contributed by atoms with Crippen molar-refractivity contribution in [1.82, 2.24) is 10.3 Å². The predicted octanol–water partition coefficient (Wildman–Crippen LogP) is 0.244. The van der Waals surface area contributed by atoms with Gasteiger partial charge in [0.1, 0.15) is 23.6 Å². The van der Waals surface area contributed by atoms with Crippen molar-refractivity contribution in [2.45, 2.75) is 13.0 Å². The van der Waals surface area contributed by atoms with Crippen molar-refractivity contribution in [3.63, 3.8) is 0 Å². The number of anilines is 1. The second-order valence-corrected chi connectivity index (χ2v) is 3.94. The van der Waals surface area contributed by atoms with Gasteiger partial charge in [-0.05, 0) is 6.92 Å². The number of nitrogens with one attached hydrogen (secondary N) is 2. The Bertz CT molecular complexity index is 484. The van der Waals surface area contributed by atoms with E-state index in [1.807, 2.05) is 6.07 Å². The Kier molecular flexibility index (Phi) is 5.66. The van der Waals surface area contributed by atoms with Gasteiger partial charge in [0.15, 0.2) is 0 Å². The minimum atomic E-state index is -0.595. The van der Waals surface area contributed by atoms with E-state index in [9.17, 15) is 10.1 Å². The Balaban J connectivity index is 2.54. The number of nitro groups is 1. The fourth-order valence-corrected chi connectivity index (χ4v) is 1.36. The smallest absolute Gasteiger partial charge is 0.289 e. The van der Waals surface area contributed by atoms with Crippen molar-refractivity contribution < 1.29 is 10.0 Å². The maximum Gasteiger partial charge on any atom is 0.289 e. The summed E-state index contributed by atoms with van der Waals surface area (Å²) in [5.74, 6) is 0.312. The molecule has 0 saturated carbocycles. The van der Waals surface area contributed by atoms with Crippen LogP contribution in [0.2, 0.25) is 0 Å². The van der Waals surface area contributed by atoms with Gasteiger partial charge in [-0.2, -0.15) is 5.26 Å². The summed E-state index contributed by atoms with van der Waals surface area (Å²) in [6, 6.07) is 3.04. The monoisotopic (exact) mass is 265 g/mol. The van der Waals surface area contributed by atoms with E-state index in [0.29, 0.717) is 25.5 Å². The number of pyridine rings is 1. The second-order valence-electron chi connectivity index (χ2n) is 3.94. The minimum Gasteiger partial charge on any atom is -0.392 e. The zero-order valence-electron chi connectivity index (χ0n) is 10.5. The molecule has 1 atom stereocenters. The number of aliphatic hydroxyl groups is 1. The Labute approximate surface area is 110 Å². The van der Waals surface area contributed by atoms with Crippen LogP contribution >= 0.6 is 0 Å². The molecule has 1 aromatic heterocycles. The first kappa shape index (κ1) is 14.8. The Hall–Kier alpha value is -2.24. The summed E-state index contributed by atoms with van der Waals surface area (Å²) in [4.78, 5) is 13.8. The summed E-state index contributed by atoms with van der Waals surface area (Å²) in [6.07, 6.45) is 0.680. The molecule has 1 unspecified atom stereocenters. The number of hydrogen-bond donors (Lipinski definition) is 3. The third-order valence-electron chi connectivity index (χ3n) is 2.24. The van der Waals surface area contributed by atoms with Gasteiger partial charge in [0.2, 0.25) is 0 Å². The predicted molar refractivity (Wildman–Crippen MR) is 68.6 cm³/mol. The fourth-order valence-electron chi connectivity index (χ4n) is 1.36. The van der Waals surface area contributed by atoms with E-state index in [1.54, 1.807) is 6.92 Å². The van der Waals surface area contributed by atoms with Crippen molar-refractivity contribution in [1.29, 1.82) is 5.26 Å². The van der Waals surface area contributed by atoms with E-state index < -0.39 is 11.0 Å². The molecular weight excluding hydrogens is 250 g/mol. The largest absolute Gasteiger partial charge is 0.392 e. The van der Waals surface area contributed by atoms with E-state index in [1.165, 1.54) is 6.07 Å². The summed E-state index contributed by atoms with van der Waals surface area (Å²) in [5.41, 5.74) is -0.0842. The lowest BCUT2D eigenvalue weighted by Gasteiger charge is -2.09. The first-order chi connectivity index (χ1) is 9.04. The molecule has 0 aliphatic carbocycles. The molecule has 0 radical (unpaired) electrons. The highest BCUT2D eigenvalue weighted by Crippen LogP contribution is 2.17. The van der Waals surface area contributed by atoms with Crippen molar-refractivity contribution in [2.75, 3.05) is 25.0 Å². The Morgan fingerprint density at radius 3 is 2.95 bits per heavy atom. The fraction of sp³-hybridized carbons (Fsp3) is 0.455. The standard InChI is InChI=1S/C11H15N5O3/c1-8(17)6-13-2-3-14-11-9(5-12)4-10(7-15-11)16(18)19/h4,7-8,13,17H,2-3,6H2,1H3,(H,14,15). The van der Waals surface area contributed by atoms with Gasteiger partial charge in [-0.15, -0.1) is 0 Å². The molecule has 0 fully saturated rings. The summed E-state index contributed by atoms with van der Waals surface area (Å²) in [5, 5.41) is 34.4. The number of nitriles is 1. The molecule has 0 bridgehead atoms. The quantitative estimate of drug-likeness (QED) is 0.366. The van der Waals surface area contributed by atoms with Crippen LogP contribution in [0.1, 0.15) is 12.5 Å². The number of nitrogens with zero attached hydrogens (tertiary/aromatic N) is 3. The molecule has 0 amide bonds. The first-order valence-electron chi connectivity index (χ1n) is 5.71. The summed E-state index contributed by atoms with van der Waals surface area (Å²) in [7, 11) is 0. The molecule has 1 heterocycles. The number of rotatable bonds is 7. The van der Waals surface area contributed by atoms with Crippen LogP contribution in [0.5, 0.6) is 0 Å². The zero-order valence-corrected chi connectivity index (χ0v) is 10.5.